The van der Waals surface area contributed by atoms with E-state index in [4.69, 9.17) is 5.11 Å². The van der Waals surface area contributed by atoms with Crippen LogP contribution < -0.4 is 10.6 Å². The van der Waals surface area contributed by atoms with Crippen LogP contribution >= 0.6 is 0 Å². The molecule has 5 nitrogen and oxygen atoms in total. The fourth-order valence-electron chi connectivity index (χ4n) is 2.16. The molecule has 0 saturated heterocycles. The number of benzene rings is 1. The summed E-state index contributed by atoms with van der Waals surface area (Å²) in [5.74, 6) is -1.01. The molecule has 1 saturated carbocycles. The maximum atomic E-state index is 11.7. The van der Waals surface area contributed by atoms with Gasteiger partial charge in [0.25, 0.3) is 0 Å². The number of urea groups is 1. The van der Waals surface area contributed by atoms with E-state index in [1.54, 1.807) is 12.1 Å². The number of hydrogen-bond acceptors (Lipinski definition) is 2. The Morgan fingerprint density at radius 2 is 2.11 bits per heavy atom. The number of rotatable bonds is 4. The molecule has 1 aliphatic carbocycles. The van der Waals surface area contributed by atoms with Crippen molar-refractivity contribution in [1.82, 2.24) is 5.32 Å². The van der Waals surface area contributed by atoms with E-state index in [-0.39, 0.29) is 17.0 Å². The standard InChI is InChI=1S/C14H18N2O3/c1-14(6-3-7-14)9-15-13(19)16-11-5-2-4-10(8-11)12(17)18/h2,4-5,8H,3,6-7,9H2,1H3,(H,17,18)(H2,15,16,19). The van der Waals surface area contributed by atoms with E-state index < -0.39 is 5.97 Å². The van der Waals surface area contributed by atoms with Crippen molar-refractivity contribution in [1.29, 1.82) is 0 Å². The molecule has 0 bridgehead atoms. The summed E-state index contributed by atoms with van der Waals surface area (Å²) in [5.41, 5.74) is 0.861. The maximum Gasteiger partial charge on any atom is 0.335 e. The minimum atomic E-state index is -1.01. The van der Waals surface area contributed by atoms with E-state index in [1.165, 1.54) is 18.6 Å². The van der Waals surface area contributed by atoms with Crippen molar-refractivity contribution in [3.8, 4) is 0 Å². The molecule has 0 heterocycles. The van der Waals surface area contributed by atoms with Gasteiger partial charge in [0.1, 0.15) is 0 Å². The topological polar surface area (TPSA) is 78.4 Å². The molecule has 0 radical (unpaired) electrons. The van der Waals surface area contributed by atoms with Crippen molar-refractivity contribution in [3.05, 3.63) is 29.8 Å². The molecule has 0 aliphatic heterocycles. The monoisotopic (exact) mass is 262 g/mol. The Bertz CT molecular complexity index is 495. The molecular weight excluding hydrogens is 244 g/mol. The van der Waals surface area contributed by atoms with Crippen LogP contribution in [0, 0.1) is 5.41 Å². The molecule has 19 heavy (non-hydrogen) atoms. The van der Waals surface area contributed by atoms with Crippen LogP contribution in [0.25, 0.3) is 0 Å². The van der Waals surface area contributed by atoms with Gasteiger partial charge in [0.05, 0.1) is 5.56 Å². The summed E-state index contributed by atoms with van der Waals surface area (Å²) in [6.45, 7) is 2.80. The minimum absolute atomic E-state index is 0.156. The van der Waals surface area contributed by atoms with Gasteiger partial charge in [0.15, 0.2) is 0 Å². The smallest absolute Gasteiger partial charge is 0.335 e. The second kappa shape index (κ2) is 5.30. The zero-order valence-corrected chi connectivity index (χ0v) is 10.9. The predicted molar refractivity (Wildman–Crippen MR) is 72.4 cm³/mol. The fraction of sp³-hybridized carbons (Fsp3) is 0.429. The number of carbonyl (C=O) groups excluding carboxylic acids is 1. The Hall–Kier alpha value is -2.04. The van der Waals surface area contributed by atoms with Gasteiger partial charge in [-0.05, 0) is 36.5 Å². The Morgan fingerprint density at radius 3 is 2.68 bits per heavy atom. The van der Waals surface area contributed by atoms with Gasteiger partial charge in [0.2, 0.25) is 0 Å². The van der Waals surface area contributed by atoms with Crippen LogP contribution in [-0.4, -0.2) is 23.7 Å². The second-order valence-electron chi connectivity index (χ2n) is 5.36. The number of carbonyl (C=O) groups is 2. The molecule has 1 aliphatic rings. The van der Waals surface area contributed by atoms with Gasteiger partial charge in [0, 0.05) is 12.2 Å². The Labute approximate surface area is 112 Å². The van der Waals surface area contributed by atoms with E-state index in [0.717, 1.165) is 12.8 Å². The van der Waals surface area contributed by atoms with Crippen LogP contribution in [0.1, 0.15) is 36.5 Å². The molecule has 5 heteroatoms. The molecule has 3 N–H and O–H groups in total. The van der Waals surface area contributed by atoms with Crippen molar-refractivity contribution < 1.29 is 14.7 Å². The number of carboxylic acid groups (broad SMARTS) is 1. The summed E-state index contributed by atoms with van der Waals surface area (Å²) in [4.78, 5) is 22.5. The summed E-state index contributed by atoms with van der Waals surface area (Å²) in [5, 5.41) is 14.3. The molecular formula is C14H18N2O3. The van der Waals surface area contributed by atoms with Gasteiger partial charge in [-0.2, -0.15) is 0 Å². The van der Waals surface area contributed by atoms with E-state index in [9.17, 15) is 9.59 Å². The molecule has 0 atom stereocenters. The third kappa shape index (κ3) is 3.47. The highest BCUT2D eigenvalue weighted by Crippen LogP contribution is 2.39. The molecule has 0 spiro atoms. The summed E-state index contributed by atoms with van der Waals surface area (Å²) < 4.78 is 0. The van der Waals surface area contributed by atoms with E-state index in [0.29, 0.717) is 12.2 Å². The van der Waals surface area contributed by atoms with E-state index >= 15 is 0 Å². The largest absolute Gasteiger partial charge is 0.478 e. The summed E-state index contributed by atoms with van der Waals surface area (Å²) in [7, 11) is 0. The molecule has 1 aromatic rings. The first-order chi connectivity index (χ1) is 8.98. The lowest BCUT2D eigenvalue weighted by atomic mass is 9.70. The van der Waals surface area contributed by atoms with Crippen LogP contribution in [0.3, 0.4) is 0 Å². The zero-order valence-electron chi connectivity index (χ0n) is 10.9. The highest BCUT2D eigenvalue weighted by molar-refractivity contribution is 5.93. The van der Waals surface area contributed by atoms with Gasteiger partial charge >= 0.3 is 12.0 Å². The lowest BCUT2D eigenvalue weighted by molar-refractivity contribution is 0.0697. The van der Waals surface area contributed by atoms with Gasteiger partial charge in [-0.1, -0.05) is 19.4 Å². The number of nitrogens with one attached hydrogen (secondary N) is 2. The summed E-state index contributed by atoms with van der Waals surface area (Å²) in [6.07, 6.45) is 3.50. The first-order valence-electron chi connectivity index (χ1n) is 6.37. The fourth-order valence-corrected chi connectivity index (χ4v) is 2.16. The highest BCUT2D eigenvalue weighted by atomic mass is 16.4. The molecule has 2 rings (SSSR count). The van der Waals surface area contributed by atoms with Gasteiger partial charge < -0.3 is 15.7 Å². The lowest BCUT2D eigenvalue weighted by Gasteiger charge is -2.38. The van der Waals surface area contributed by atoms with Crippen molar-refractivity contribution in [2.45, 2.75) is 26.2 Å². The third-order valence-corrected chi connectivity index (χ3v) is 3.60. The zero-order chi connectivity index (χ0) is 13.9. The highest BCUT2D eigenvalue weighted by Gasteiger charge is 2.31. The van der Waals surface area contributed by atoms with Crippen molar-refractivity contribution in [3.63, 3.8) is 0 Å². The van der Waals surface area contributed by atoms with Crippen LogP contribution in [0.15, 0.2) is 24.3 Å². The predicted octanol–water partition coefficient (Wildman–Crippen LogP) is 2.70. The van der Waals surface area contributed by atoms with Gasteiger partial charge in [-0.3, -0.25) is 0 Å². The molecule has 1 fully saturated rings. The Morgan fingerprint density at radius 1 is 1.37 bits per heavy atom. The first kappa shape index (κ1) is 13.4. The maximum absolute atomic E-state index is 11.7. The van der Waals surface area contributed by atoms with E-state index in [1.807, 2.05) is 0 Å². The number of hydrogen-bond donors (Lipinski definition) is 3. The Kier molecular flexibility index (Phi) is 3.74. The molecule has 102 valence electrons. The van der Waals surface area contributed by atoms with E-state index in [2.05, 4.69) is 17.6 Å². The van der Waals surface area contributed by atoms with Gasteiger partial charge in [-0.25, -0.2) is 9.59 Å². The first-order valence-corrected chi connectivity index (χ1v) is 6.37. The van der Waals surface area contributed by atoms with Crippen LogP contribution in [-0.2, 0) is 0 Å². The van der Waals surface area contributed by atoms with Crippen molar-refractivity contribution in [2.75, 3.05) is 11.9 Å². The van der Waals surface area contributed by atoms with Crippen molar-refractivity contribution >= 4 is 17.7 Å². The average Bonchev–Trinajstić information content (AvgIpc) is 2.34. The lowest BCUT2D eigenvalue weighted by Crippen LogP contribution is -2.41. The SMILES string of the molecule is CC1(CNC(=O)Nc2cccc(C(=O)O)c2)CCC1. The Balaban J connectivity index is 1.88. The second-order valence-corrected chi connectivity index (χ2v) is 5.36. The number of amides is 2. The number of aromatic carboxylic acids is 1. The number of anilines is 1. The summed E-state index contributed by atoms with van der Waals surface area (Å²) >= 11 is 0. The third-order valence-electron chi connectivity index (χ3n) is 3.60. The van der Waals surface area contributed by atoms with Gasteiger partial charge in [-0.15, -0.1) is 0 Å². The number of carboxylic acids is 1. The molecule has 2 amide bonds. The molecule has 1 aromatic carbocycles. The average molecular weight is 262 g/mol. The minimum Gasteiger partial charge on any atom is -0.478 e. The van der Waals surface area contributed by atoms with Crippen LogP contribution in [0.4, 0.5) is 10.5 Å². The van der Waals surface area contributed by atoms with Crippen molar-refractivity contribution in [2.24, 2.45) is 5.41 Å². The molecule has 0 aromatic heterocycles. The molecule has 0 unspecified atom stereocenters. The quantitative estimate of drug-likeness (QED) is 0.780. The van der Waals surface area contributed by atoms with Crippen LogP contribution in [0.5, 0.6) is 0 Å². The van der Waals surface area contributed by atoms with Crippen LogP contribution in [0.2, 0.25) is 0 Å². The summed E-state index contributed by atoms with van der Waals surface area (Å²) in [6, 6.07) is 5.90. The normalized spacial score (nSPS) is 16.3.